The molecule has 3 N–H and O–H groups in total. The number of nitrogens with one attached hydrogen (secondary N) is 1. The Hall–Kier alpha value is -1.53. The number of hydrogen-bond acceptors (Lipinski definition) is 5. The molecule has 2 rings (SSSR count). The summed E-state index contributed by atoms with van der Waals surface area (Å²) in [5.41, 5.74) is 8.06. The van der Waals surface area contributed by atoms with Crippen LogP contribution in [0.15, 0.2) is 35.6 Å². The van der Waals surface area contributed by atoms with Crippen LogP contribution in [0.2, 0.25) is 0 Å². The molecule has 0 aromatic carbocycles. The summed E-state index contributed by atoms with van der Waals surface area (Å²) >= 11 is 1.89. The molecule has 0 aliphatic carbocycles. The van der Waals surface area contributed by atoms with Gasteiger partial charge in [0.2, 0.25) is 0 Å². The zero-order chi connectivity index (χ0) is 17.6. The number of aromatic nitrogens is 3. The van der Waals surface area contributed by atoms with Crippen LogP contribution in [0.1, 0.15) is 32.4 Å². The summed E-state index contributed by atoms with van der Waals surface area (Å²) in [6.45, 7) is 8.31. The average molecular weight is 348 g/mol. The smallest absolute Gasteiger partial charge is 0.0944 e. The maximum Gasteiger partial charge on any atom is 0.0944 e. The predicted molar refractivity (Wildman–Crippen MR) is 102 cm³/mol. The van der Waals surface area contributed by atoms with Gasteiger partial charge in [0.15, 0.2) is 0 Å². The van der Waals surface area contributed by atoms with E-state index in [9.17, 15) is 0 Å². The summed E-state index contributed by atoms with van der Waals surface area (Å²) in [5.74, 6) is 0.525. The van der Waals surface area contributed by atoms with Crippen LogP contribution >= 0.6 is 11.8 Å². The largest absolute Gasteiger partial charge is 0.385 e. The topological polar surface area (TPSA) is 68.8 Å². The molecule has 0 aliphatic rings. The summed E-state index contributed by atoms with van der Waals surface area (Å²) < 4.78 is 2.07. The minimum atomic E-state index is 0.0968. The highest BCUT2D eigenvalue weighted by molar-refractivity contribution is 8.00. The van der Waals surface area contributed by atoms with Gasteiger partial charge in [-0.2, -0.15) is 5.10 Å². The van der Waals surface area contributed by atoms with E-state index < -0.39 is 0 Å². The van der Waals surface area contributed by atoms with Crippen molar-refractivity contribution in [2.45, 2.75) is 43.4 Å². The minimum Gasteiger partial charge on any atom is -0.385 e. The van der Waals surface area contributed by atoms with Crippen molar-refractivity contribution in [2.24, 2.45) is 18.7 Å². The summed E-state index contributed by atoms with van der Waals surface area (Å²) in [7, 11) is 2.01. The molecule has 0 radical (unpaired) electrons. The van der Waals surface area contributed by atoms with E-state index in [2.05, 4.69) is 35.3 Å². The lowest BCUT2D eigenvalue weighted by molar-refractivity contribution is 0.382. The molecule has 132 valence electrons. The number of rotatable bonds is 9. The van der Waals surface area contributed by atoms with Gasteiger partial charge in [0, 0.05) is 36.4 Å². The first-order valence-electron chi connectivity index (χ1n) is 8.46. The summed E-state index contributed by atoms with van der Waals surface area (Å²) in [6.07, 6.45) is 5.72. The van der Waals surface area contributed by atoms with E-state index >= 15 is 0 Å². The van der Waals surface area contributed by atoms with E-state index in [0.29, 0.717) is 12.5 Å². The first-order valence-corrected chi connectivity index (χ1v) is 9.27. The zero-order valence-electron chi connectivity index (χ0n) is 15.1. The molecule has 0 saturated heterocycles. The summed E-state index contributed by atoms with van der Waals surface area (Å²) in [5, 5.41) is 9.14. The van der Waals surface area contributed by atoms with E-state index in [4.69, 9.17) is 5.73 Å². The molecule has 0 saturated carbocycles. The molecule has 1 atom stereocenters. The summed E-state index contributed by atoms with van der Waals surface area (Å²) in [6, 6.07) is 6.15. The minimum absolute atomic E-state index is 0.0968. The number of hydrogen-bond donors (Lipinski definition) is 2. The number of aryl methyl sites for hydroxylation is 2. The van der Waals surface area contributed by atoms with Gasteiger partial charge in [-0.15, -0.1) is 11.8 Å². The second-order valence-corrected chi connectivity index (χ2v) is 8.35. The molecule has 1 unspecified atom stereocenters. The van der Waals surface area contributed by atoms with Crippen LogP contribution in [0, 0.1) is 12.8 Å². The molecule has 24 heavy (non-hydrogen) atoms. The molecule has 0 aliphatic heterocycles. The number of anilines is 1. The van der Waals surface area contributed by atoms with Gasteiger partial charge in [0.05, 0.1) is 10.7 Å². The molecular weight excluding hydrogens is 318 g/mol. The first kappa shape index (κ1) is 18.8. The Kier molecular flexibility index (Phi) is 6.69. The van der Waals surface area contributed by atoms with Crippen molar-refractivity contribution in [1.82, 2.24) is 14.8 Å². The lowest BCUT2D eigenvalue weighted by Gasteiger charge is -2.34. The third kappa shape index (κ3) is 5.24. The monoisotopic (exact) mass is 347 g/mol. The van der Waals surface area contributed by atoms with Crippen LogP contribution in [0.5, 0.6) is 0 Å². The molecule has 0 fully saturated rings. The van der Waals surface area contributed by atoms with Crippen LogP contribution in [-0.4, -0.2) is 32.6 Å². The fourth-order valence-electron chi connectivity index (χ4n) is 2.94. The van der Waals surface area contributed by atoms with Crippen LogP contribution in [0.4, 0.5) is 5.69 Å². The highest BCUT2D eigenvalue weighted by atomic mass is 32.2. The van der Waals surface area contributed by atoms with E-state index in [1.807, 2.05) is 54.9 Å². The standard InChI is InChI=1S/C18H29N5S/c1-14-13-17(23(4)22-14)24-18(2,3)15(5-9-19)6-12-21-16-7-10-20-11-8-16/h7-8,10-11,13,15H,5-6,9,12,19H2,1-4H3,(H,20,21). The number of pyridine rings is 1. The Morgan fingerprint density at radius 1 is 1.29 bits per heavy atom. The maximum absolute atomic E-state index is 5.88. The molecule has 2 aromatic rings. The van der Waals surface area contributed by atoms with Gasteiger partial charge >= 0.3 is 0 Å². The van der Waals surface area contributed by atoms with Gasteiger partial charge in [-0.1, -0.05) is 13.8 Å². The lowest BCUT2D eigenvalue weighted by atomic mass is 9.88. The number of nitrogens with zero attached hydrogens (tertiary/aromatic N) is 3. The third-order valence-electron chi connectivity index (χ3n) is 4.33. The van der Waals surface area contributed by atoms with Gasteiger partial charge < -0.3 is 11.1 Å². The fraction of sp³-hybridized carbons (Fsp3) is 0.556. The Bertz CT molecular complexity index is 624. The molecule has 6 heteroatoms. The second kappa shape index (κ2) is 8.53. The van der Waals surface area contributed by atoms with Gasteiger partial charge in [-0.25, -0.2) is 0 Å². The van der Waals surface area contributed by atoms with Gasteiger partial charge in [0.25, 0.3) is 0 Å². The quantitative estimate of drug-likeness (QED) is 0.680. The highest BCUT2D eigenvalue weighted by Gasteiger charge is 2.30. The highest BCUT2D eigenvalue weighted by Crippen LogP contribution is 2.41. The summed E-state index contributed by atoms with van der Waals surface area (Å²) in [4.78, 5) is 4.05. The van der Waals surface area contributed by atoms with Gasteiger partial charge in [-0.05, 0) is 50.4 Å². The van der Waals surface area contributed by atoms with E-state index in [0.717, 1.165) is 30.8 Å². The Labute approximate surface area is 149 Å². The lowest BCUT2D eigenvalue weighted by Crippen LogP contribution is -2.31. The molecule has 5 nitrogen and oxygen atoms in total. The van der Waals surface area contributed by atoms with Crippen molar-refractivity contribution >= 4 is 17.4 Å². The van der Waals surface area contributed by atoms with Gasteiger partial charge in [-0.3, -0.25) is 9.67 Å². The number of nitrogens with two attached hydrogens (primary N) is 1. The van der Waals surface area contributed by atoms with Crippen molar-refractivity contribution in [3.8, 4) is 0 Å². The second-order valence-electron chi connectivity index (χ2n) is 6.68. The third-order valence-corrected chi connectivity index (χ3v) is 5.78. The molecule has 2 heterocycles. The van der Waals surface area contributed by atoms with E-state index in [1.54, 1.807) is 0 Å². The van der Waals surface area contributed by atoms with Crippen molar-refractivity contribution in [3.63, 3.8) is 0 Å². The molecule has 0 bridgehead atoms. The normalized spacial score (nSPS) is 13.0. The van der Waals surface area contributed by atoms with Crippen molar-refractivity contribution in [1.29, 1.82) is 0 Å². The average Bonchev–Trinajstić information content (AvgIpc) is 2.84. The fourth-order valence-corrected chi connectivity index (χ4v) is 4.28. The molecular formula is C18H29N5S. The maximum atomic E-state index is 5.88. The molecule has 0 amide bonds. The van der Waals surface area contributed by atoms with Crippen molar-refractivity contribution < 1.29 is 0 Å². The van der Waals surface area contributed by atoms with Crippen LogP contribution in [0.25, 0.3) is 0 Å². The van der Waals surface area contributed by atoms with Crippen molar-refractivity contribution in [2.75, 3.05) is 18.4 Å². The van der Waals surface area contributed by atoms with Crippen LogP contribution in [-0.2, 0) is 7.05 Å². The Balaban J connectivity index is 1.97. The Morgan fingerprint density at radius 3 is 2.58 bits per heavy atom. The molecule has 0 spiro atoms. The first-order chi connectivity index (χ1) is 11.4. The Morgan fingerprint density at radius 2 is 2.00 bits per heavy atom. The predicted octanol–water partition coefficient (Wildman–Crippen LogP) is 3.46. The van der Waals surface area contributed by atoms with Gasteiger partial charge in [0.1, 0.15) is 0 Å². The zero-order valence-corrected chi connectivity index (χ0v) is 15.9. The molecule has 2 aromatic heterocycles. The van der Waals surface area contributed by atoms with Crippen LogP contribution < -0.4 is 11.1 Å². The number of thioether (sulfide) groups is 1. The van der Waals surface area contributed by atoms with Crippen LogP contribution in [0.3, 0.4) is 0 Å². The SMILES string of the molecule is Cc1cc(SC(C)(C)C(CCN)CCNc2ccncc2)n(C)n1. The van der Waals surface area contributed by atoms with E-state index in [-0.39, 0.29) is 4.75 Å². The van der Waals surface area contributed by atoms with E-state index in [1.165, 1.54) is 5.03 Å². The van der Waals surface area contributed by atoms with Crippen molar-refractivity contribution in [3.05, 3.63) is 36.3 Å².